The Hall–Kier alpha value is -3.19. The SMILES string of the molecule is O=C(O)c1cn(-c2ccccc2)c2cc(N3CCOCC3)c(F)cc2c1=O. The van der Waals surface area contributed by atoms with Gasteiger partial charge in [-0.3, -0.25) is 4.79 Å². The maximum Gasteiger partial charge on any atom is 0.341 e. The summed E-state index contributed by atoms with van der Waals surface area (Å²) in [7, 11) is 0. The van der Waals surface area contributed by atoms with Crippen molar-refractivity contribution in [1.29, 1.82) is 0 Å². The van der Waals surface area contributed by atoms with Crippen LogP contribution in [0.2, 0.25) is 0 Å². The summed E-state index contributed by atoms with van der Waals surface area (Å²) < 4.78 is 21.7. The van der Waals surface area contributed by atoms with E-state index in [4.69, 9.17) is 4.74 Å². The fourth-order valence-corrected chi connectivity index (χ4v) is 3.34. The highest BCUT2D eigenvalue weighted by Gasteiger charge is 2.21. The minimum atomic E-state index is -1.34. The molecular weight excluding hydrogens is 351 g/mol. The number of hydrogen-bond donors (Lipinski definition) is 1. The van der Waals surface area contributed by atoms with Gasteiger partial charge in [0.25, 0.3) is 0 Å². The van der Waals surface area contributed by atoms with E-state index >= 15 is 0 Å². The molecule has 0 amide bonds. The van der Waals surface area contributed by atoms with Crippen molar-refractivity contribution in [3.05, 3.63) is 70.3 Å². The third-order valence-corrected chi connectivity index (χ3v) is 4.69. The van der Waals surface area contributed by atoms with E-state index in [1.807, 2.05) is 23.1 Å². The highest BCUT2D eigenvalue weighted by atomic mass is 19.1. The summed E-state index contributed by atoms with van der Waals surface area (Å²) in [6.45, 7) is 2.10. The number of aromatic nitrogens is 1. The molecule has 1 saturated heterocycles. The molecule has 6 nitrogen and oxygen atoms in total. The van der Waals surface area contributed by atoms with Gasteiger partial charge in [-0.05, 0) is 24.3 Å². The van der Waals surface area contributed by atoms with Gasteiger partial charge in [-0.15, -0.1) is 0 Å². The molecule has 2 heterocycles. The Morgan fingerprint density at radius 1 is 1.11 bits per heavy atom. The molecule has 0 spiro atoms. The lowest BCUT2D eigenvalue weighted by Gasteiger charge is -2.29. The van der Waals surface area contributed by atoms with E-state index < -0.39 is 22.8 Å². The summed E-state index contributed by atoms with van der Waals surface area (Å²) in [4.78, 5) is 26.0. The van der Waals surface area contributed by atoms with Crippen LogP contribution in [-0.4, -0.2) is 41.9 Å². The molecule has 0 radical (unpaired) electrons. The zero-order valence-corrected chi connectivity index (χ0v) is 14.4. The van der Waals surface area contributed by atoms with Crippen LogP contribution in [0.1, 0.15) is 10.4 Å². The van der Waals surface area contributed by atoms with Crippen LogP contribution in [-0.2, 0) is 4.74 Å². The number of para-hydroxylation sites is 1. The maximum absolute atomic E-state index is 14.8. The number of halogens is 1. The molecule has 0 atom stereocenters. The predicted molar refractivity (Wildman–Crippen MR) is 99.5 cm³/mol. The van der Waals surface area contributed by atoms with Gasteiger partial charge in [0, 0.05) is 30.4 Å². The van der Waals surface area contributed by atoms with E-state index in [1.165, 1.54) is 6.20 Å². The van der Waals surface area contributed by atoms with E-state index in [-0.39, 0.29) is 5.39 Å². The number of morpholine rings is 1. The van der Waals surface area contributed by atoms with Gasteiger partial charge in [-0.25, -0.2) is 9.18 Å². The topological polar surface area (TPSA) is 71.8 Å². The van der Waals surface area contributed by atoms with Crippen molar-refractivity contribution in [2.45, 2.75) is 0 Å². The number of ether oxygens (including phenoxy) is 1. The molecule has 7 heteroatoms. The van der Waals surface area contributed by atoms with E-state index in [0.717, 1.165) is 6.07 Å². The second-order valence-electron chi connectivity index (χ2n) is 6.30. The number of hydrogen-bond acceptors (Lipinski definition) is 4. The average Bonchev–Trinajstić information content (AvgIpc) is 2.69. The van der Waals surface area contributed by atoms with Crippen molar-refractivity contribution in [1.82, 2.24) is 4.57 Å². The van der Waals surface area contributed by atoms with E-state index in [9.17, 15) is 19.1 Å². The molecular formula is C20H17FN2O4. The van der Waals surface area contributed by atoms with Crippen molar-refractivity contribution >= 4 is 22.6 Å². The molecule has 1 aromatic heterocycles. The zero-order chi connectivity index (χ0) is 19.0. The Kier molecular flexibility index (Phi) is 4.37. The fraction of sp³-hybridized carbons (Fsp3) is 0.200. The van der Waals surface area contributed by atoms with Gasteiger partial charge < -0.3 is 19.3 Å². The Labute approximate surface area is 154 Å². The number of carboxylic acids is 1. The minimum Gasteiger partial charge on any atom is -0.477 e. The fourth-order valence-electron chi connectivity index (χ4n) is 3.34. The smallest absolute Gasteiger partial charge is 0.341 e. The summed E-state index contributed by atoms with van der Waals surface area (Å²) in [5.41, 5.74) is 0.420. The molecule has 3 aromatic rings. The molecule has 0 aliphatic carbocycles. The standard InChI is InChI=1S/C20H17FN2O4/c21-16-10-14-17(11-18(16)22-6-8-27-9-7-22)23(13-4-2-1-3-5-13)12-15(19(14)24)20(25)26/h1-5,10-12H,6-9H2,(H,25,26). The lowest BCUT2D eigenvalue weighted by Crippen LogP contribution is -2.36. The highest BCUT2D eigenvalue weighted by molar-refractivity contribution is 5.94. The Morgan fingerprint density at radius 3 is 2.48 bits per heavy atom. The minimum absolute atomic E-state index is 0.0354. The van der Waals surface area contributed by atoms with Crippen LogP contribution < -0.4 is 10.3 Å². The van der Waals surface area contributed by atoms with Crippen LogP contribution in [0.25, 0.3) is 16.6 Å². The maximum atomic E-state index is 14.8. The van der Waals surface area contributed by atoms with Gasteiger partial charge in [-0.1, -0.05) is 18.2 Å². The molecule has 1 aliphatic rings. The first-order valence-corrected chi connectivity index (χ1v) is 8.56. The molecule has 0 bridgehead atoms. The van der Waals surface area contributed by atoms with Gasteiger partial charge >= 0.3 is 5.97 Å². The molecule has 27 heavy (non-hydrogen) atoms. The normalized spacial score (nSPS) is 14.5. The number of anilines is 1. The van der Waals surface area contributed by atoms with Crippen LogP contribution in [0.5, 0.6) is 0 Å². The lowest BCUT2D eigenvalue weighted by atomic mass is 10.1. The monoisotopic (exact) mass is 368 g/mol. The van der Waals surface area contributed by atoms with Crippen molar-refractivity contribution in [3.63, 3.8) is 0 Å². The summed E-state index contributed by atoms with van der Waals surface area (Å²) in [5.74, 6) is -1.90. The van der Waals surface area contributed by atoms with Crippen molar-refractivity contribution in [2.75, 3.05) is 31.2 Å². The largest absolute Gasteiger partial charge is 0.477 e. The van der Waals surface area contributed by atoms with Crippen LogP contribution in [0.15, 0.2) is 53.5 Å². The third kappa shape index (κ3) is 3.06. The second-order valence-corrected chi connectivity index (χ2v) is 6.30. The number of pyridine rings is 1. The van der Waals surface area contributed by atoms with E-state index in [2.05, 4.69) is 0 Å². The third-order valence-electron chi connectivity index (χ3n) is 4.69. The quantitative estimate of drug-likeness (QED) is 0.770. The van der Waals surface area contributed by atoms with Gasteiger partial charge in [0.05, 0.1) is 24.4 Å². The molecule has 138 valence electrons. The number of aromatic carboxylic acids is 1. The van der Waals surface area contributed by atoms with E-state index in [1.54, 1.807) is 22.8 Å². The van der Waals surface area contributed by atoms with Crippen molar-refractivity contribution in [3.8, 4) is 5.69 Å². The molecule has 4 rings (SSSR count). The molecule has 2 aromatic carbocycles. The number of fused-ring (bicyclic) bond motifs is 1. The Balaban J connectivity index is 2.02. The lowest BCUT2D eigenvalue weighted by molar-refractivity contribution is 0.0695. The first-order chi connectivity index (χ1) is 13.1. The average molecular weight is 368 g/mol. The summed E-state index contributed by atoms with van der Waals surface area (Å²) in [6.07, 6.45) is 1.29. The van der Waals surface area contributed by atoms with Crippen LogP contribution in [0.4, 0.5) is 10.1 Å². The summed E-state index contributed by atoms with van der Waals surface area (Å²) in [5, 5.41) is 9.43. The summed E-state index contributed by atoms with van der Waals surface area (Å²) in [6, 6.07) is 11.8. The molecule has 0 saturated carbocycles. The first-order valence-electron chi connectivity index (χ1n) is 8.56. The Morgan fingerprint density at radius 2 is 1.81 bits per heavy atom. The van der Waals surface area contributed by atoms with Crippen LogP contribution >= 0.6 is 0 Å². The number of carboxylic acid groups (broad SMARTS) is 1. The molecule has 1 fully saturated rings. The number of carbonyl (C=O) groups is 1. The number of rotatable bonds is 3. The van der Waals surface area contributed by atoms with E-state index in [0.29, 0.717) is 43.2 Å². The zero-order valence-electron chi connectivity index (χ0n) is 14.4. The number of nitrogens with zero attached hydrogens (tertiary/aromatic N) is 2. The first kappa shape index (κ1) is 17.2. The van der Waals surface area contributed by atoms with Gasteiger partial charge in [0.1, 0.15) is 11.4 Å². The predicted octanol–water partition coefficient (Wildman–Crippen LogP) is 2.66. The number of benzene rings is 2. The molecule has 0 unspecified atom stereocenters. The van der Waals surface area contributed by atoms with Gasteiger partial charge in [0.2, 0.25) is 5.43 Å². The van der Waals surface area contributed by atoms with Gasteiger partial charge in [-0.2, -0.15) is 0 Å². The molecule has 1 aliphatic heterocycles. The molecule has 1 N–H and O–H groups in total. The van der Waals surface area contributed by atoms with Crippen molar-refractivity contribution < 1.29 is 19.0 Å². The highest BCUT2D eigenvalue weighted by Crippen LogP contribution is 2.27. The van der Waals surface area contributed by atoms with Crippen LogP contribution in [0, 0.1) is 5.82 Å². The summed E-state index contributed by atoms with van der Waals surface area (Å²) >= 11 is 0. The Bertz CT molecular complexity index is 1070. The second kappa shape index (κ2) is 6.85. The van der Waals surface area contributed by atoms with Crippen molar-refractivity contribution in [2.24, 2.45) is 0 Å². The van der Waals surface area contributed by atoms with Crippen LogP contribution in [0.3, 0.4) is 0 Å². The van der Waals surface area contributed by atoms with Gasteiger partial charge in [0.15, 0.2) is 0 Å².